The van der Waals surface area contributed by atoms with Crippen LogP contribution < -0.4 is 0 Å². The first-order valence-electron chi connectivity index (χ1n) is 9.04. The van der Waals surface area contributed by atoms with Crippen molar-refractivity contribution < 1.29 is 29.3 Å². The van der Waals surface area contributed by atoms with Gasteiger partial charge in [-0.3, -0.25) is 0 Å². The third kappa shape index (κ3) is 3.80. The molecule has 0 aromatic carbocycles. The van der Waals surface area contributed by atoms with Crippen LogP contribution in [-0.2, 0) is 9.47 Å². The van der Waals surface area contributed by atoms with E-state index in [-0.39, 0.29) is 11.5 Å². The van der Waals surface area contributed by atoms with Crippen LogP contribution in [0.25, 0.3) is 11.0 Å². The van der Waals surface area contributed by atoms with Gasteiger partial charge in [0.1, 0.15) is 22.9 Å². The second kappa shape index (κ2) is 8.20. The van der Waals surface area contributed by atoms with Crippen molar-refractivity contribution in [2.45, 2.75) is 13.8 Å². The fraction of sp³-hybridized carbons (Fsp3) is 0.182. The maximum Gasteiger partial charge on any atom is 0.355 e. The molecule has 4 aromatic heterocycles. The van der Waals surface area contributed by atoms with Gasteiger partial charge in [-0.05, 0) is 61.4 Å². The van der Waals surface area contributed by atoms with Gasteiger partial charge in [0.2, 0.25) is 0 Å². The van der Waals surface area contributed by atoms with Gasteiger partial charge in [-0.1, -0.05) is 0 Å². The van der Waals surface area contributed by atoms with Gasteiger partial charge < -0.3 is 28.5 Å². The number of fused-ring (bicyclic) bond motifs is 2. The average molecular weight is 410 g/mol. The van der Waals surface area contributed by atoms with Gasteiger partial charge in [0.25, 0.3) is 0 Å². The number of rotatable bonds is 2. The number of ether oxygens (including phenoxy) is 2. The summed E-state index contributed by atoms with van der Waals surface area (Å²) in [5, 5.41) is 18.7. The Kier molecular flexibility index (Phi) is 5.68. The molecule has 8 nitrogen and oxygen atoms in total. The van der Waals surface area contributed by atoms with E-state index in [1.165, 1.54) is 26.6 Å². The first kappa shape index (κ1) is 20.8. The van der Waals surface area contributed by atoms with E-state index >= 15 is 0 Å². The number of esters is 2. The van der Waals surface area contributed by atoms with E-state index < -0.39 is 11.9 Å². The highest BCUT2D eigenvalue weighted by Crippen LogP contribution is 2.21. The van der Waals surface area contributed by atoms with Crippen molar-refractivity contribution in [2.24, 2.45) is 0 Å². The third-order valence-corrected chi connectivity index (χ3v) is 4.64. The normalized spacial score (nSPS) is 10.5. The van der Waals surface area contributed by atoms with Crippen LogP contribution in [0.15, 0.2) is 48.8 Å². The first-order valence-corrected chi connectivity index (χ1v) is 9.04. The molecule has 0 atom stereocenters. The lowest BCUT2D eigenvalue weighted by molar-refractivity contribution is 0.0583. The van der Waals surface area contributed by atoms with Gasteiger partial charge in [0.15, 0.2) is 0 Å². The molecule has 4 aromatic rings. The Morgan fingerprint density at radius 1 is 0.733 bits per heavy atom. The number of carbonyl (C=O) groups is 2. The van der Waals surface area contributed by atoms with Gasteiger partial charge in [-0.2, -0.15) is 0 Å². The molecule has 8 heteroatoms. The number of hydrogen-bond acceptors (Lipinski definition) is 6. The minimum atomic E-state index is -0.405. The van der Waals surface area contributed by atoms with E-state index in [0.29, 0.717) is 11.4 Å². The Morgan fingerprint density at radius 2 is 1.10 bits per heavy atom. The van der Waals surface area contributed by atoms with Gasteiger partial charge in [0.05, 0.1) is 26.6 Å². The zero-order valence-electron chi connectivity index (χ0n) is 17.0. The lowest BCUT2D eigenvalue weighted by atomic mass is 10.3. The predicted octanol–water partition coefficient (Wildman–Crippen LogP) is 3.48. The summed E-state index contributed by atoms with van der Waals surface area (Å²) < 4.78 is 12.6. The summed E-state index contributed by atoms with van der Waals surface area (Å²) in [6.07, 6.45) is 2.99. The molecule has 2 N–H and O–H groups in total. The van der Waals surface area contributed by atoms with Crippen molar-refractivity contribution in [2.75, 3.05) is 14.2 Å². The quantitative estimate of drug-likeness (QED) is 0.491. The molecule has 0 saturated carbocycles. The second-order valence-electron chi connectivity index (χ2n) is 6.70. The molecule has 4 heterocycles. The Morgan fingerprint density at radius 3 is 1.43 bits per heavy atom. The van der Waals surface area contributed by atoms with Crippen LogP contribution in [0.1, 0.15) is 32.1 Å². The molecule has 0 aliphatic rings. The van der Waals surface area contributed by atoms with E-state index in [9.17, 15) is 19.8 Å². The molecule has 156 valence electrons. The molecule has 0 unspecified atom stereocenters. The van der Waals surface area contributed by atoms with E-state index in [2.05, 4.69) is 9.47 Å². The van der Waals surface area contributed by atoms with Crippen LogP contribution >= 0.6 is 0 Å². The Balaban J connectivity index is 0.000000171. The molecule has 0 spiro atoms. The molecular formula is C22H22N2O6. The molecule has 0 radical (unpaired) electrons. The minimum Gasteiger partial charge on any atom is -0.506 e. The Labute approximate surface area is 172 Å². The average Bonchev–Trinajstić information content (AvgIpc) is 3.22. The summed E-state index contributed by atoms with van der Waals surface area (Å²) >= 11 is 0. The summed E-state index contributed by atoms with van der Waals surface area (Å²) in [6, 6.07) is 10.4. The van der Waals surface area contributed by atoms with E-state index in [0.717, 1.165) is 22.2 Å². The molecule has 0 aliphatic carbocycles. The van der Waals surface area contributed by atoms with Crippen molar-refractivity contribution in [3.05, 3.63) is 71.3 Å². The van der Waals surface area contributed by atoms with Crippen LogP contribution in [0.2, 0.25) is 0 Å². The number of pyridine rings is 2. The molecule has 30 heavy (non-hydrogen) atoms. The number of methoxy groups -OCH3 is 2. The summed E-state index contributed by atoms with van der Waals surface area (Å²) in [6.45, 7) is 3.66. The van der Waals surface area contributed by atoms with Gasteiger partial charge >= 0.3 is 11.9 Å². The largest absolute Gasteiger partial charge is 0.506 e. The molecule has 0 aliphatic heterocycles. The third-order valence-electron chi connectivity index (χ3n) is 4.64. The number of aromatic nitrogens is 2. The summed E-state index contributed by atoms with van der Waals surface area (Å²) in [5.74, 6) is -0.581. The van der Waals surface area contributed by atoms with Crippen LogP contribution in [0.4, 0.5) is 0 Å². The summed E-state index contributed by atoms with van der Waals surface area (Å²) in [5.41, 5.74) is 4.25. The van der Waals surface area contributed by atoms with Crippen LogP contribution in [0.5, 0.6) is 11.5 Å². The summed E-state index contributed by atoms with van der Waals surface area (Å²) in [7, 11) is 2.67. The van der Waals surface area contributed by atoms with Crippen molar-refractivity contribution in [3.8, 4) is 11.5 Å². The highest BCUT2D eigenvalue weighted by Gasteiger charge is 2.16. The number of carbonyl (C=O) groups excluding carboxylic acids is 2. The van der Waals surface area contributed by atoms with Crippen molar-refractivity contribution in [1.29, 1.82) is 0 Å². The molecular weight excluding hydrogens is 388 g/mol. The molecule has 0 fully saturated rings. The zero-order chi connectivity index (χ0) is 22.0. The lowest BCUT2D eigenvalue weighted by Gasteiger charge is -2.02. The SMILES string of the molecule is COC(=O)c1c(C)cc2ccc(O)cn12.COC(=O)c1c(C)cc2ccc(O)cn12. The van der Waals surface area contributed by atoms with E-state index in [4.69, 9.17) is 0 Å². The smallest absolute Gasteiger partial charge is 0.355 e. The monoisotopic (exact) mass is 410 g/mol. The minimum absolute atomic E-state index is 0.114. The van der Waals surface area contributed by atoms with Crippen molar-refractivity contribution in [1.82, 2.24) is 8.80 Å². The van der Waals surface area contributed by atoms with Crippen LogP contribution in [0.3, 0.4) is 0 Å². The standard InChI is InChI=1S/2C11H11NO3/c2*1-7-5-8-3-4-9(13)6-12(8)10(7)11(14)15-2/h2*3-6,13H,1-2H3. The fourth-order valence-electron chi connectivity index (χ4n) is 3.30. The summed E-state index contributed by atoms with van der Waals surface area (Å²) in [4.78, 5) is 23.0. The van der Waals surface area contributed by atoms with E-state index in [1.807, 2.05) is 26.0 Å². The lowest BCUT2D eigenvalue weighted by Crippen LogP contribution is -2.06. The van der Waals surface area contributed by atoms with E-state index in [1.54, 1.807) is 33.1 Å². The highest BCUT2D eigenvalue weighted by atomic mass is 16.5. The van der Waals surface area contributed by atoms with Gasteiger partial charge in [-0.25, -0.2) is 9.59 Å². The van der Waals surface area contributed by atoms with Gasteiger partial charge in [0, 0.05) is 11.0 Å². The zero-order valence-corrected chi connectivity index (χ0v) is 17.0. The van der Waals surface area contributed by atoms with Crippen molar-refractivity contribution in [3.63, 3.8) is 0 Å². The second-order valence-corrected chi connectivity index (χ2v) is 6.70. The predicted molar refractivity (Wildman–Crippen MR) is 110 cm³/mol. The number of aromatic hydroxyl groups is 2. The van der Waals surface area contributed by atoms with Crippen molar-refractivity contribution >= 4 is 23.0 Å². The maximum absolute atomic E-state index is 11.5. The van der Waals surface area contributed by atoms with Gasteiger partial charge in [-0.15, -0.1) is 0 Å². The molecule has 0 saturated heterocycles. The molecule has 0 bridgehead atoms. The molecule has 0 amide bonds. The van der Waals surface area contributed by atoms with Crippen LogP contribution in [-0.4, -0.2) is 45.2 Å². The number of hydrogen-bond donors (Lipinski definition) is 2. The maximum atomic E-state index is 11.5. The van der Waals surface area contributed by atoms with Crippen LogP contribution in [0, 0.1) is 13.8 Å². The Bertz CT molecular complexity index is 1150. The fourth-order valence-corrected chi connectivity index (χ4v) is 3.30. The highest BCUT2D eigenvalue weighted by molar-refractivity contribution is 5.91. The topological polar surface area (TPSA) is 102 Å². The molecule has 4 rings (SSSR count). The first-order chi connectivity index (χ1) is 14.3. The number of nitrogens with zero attached hydrogens (tertiary/aromatic N) is 2. The number of aryl methyl sites for hydroxylation is 2. The Hall–Kier alpha value is -3.94.